The van der Waals surface area contributed by atoms with Gasteiger partial charge in [0.05, 0.1) is 6.61 Å². The van der Waals surface area contributed by atoms with Crippen molar-refractivity contribution in [2.24, 2.45) is 5.92 Å². The van der Waals surface area contributed by atoms with Crippen LogP contribution in [0.5, 0.6) is 0 Å². The van der Waals surface area contributed by atoms with Crippen molar-refractivity contribution >= 4 is 0 Å². The molecule has 0 heterocycles. The smallest absolute Gasteiger partial charge is 0.0898 e. The van der Waals surface area contributed by atoms with Crippen LogP contribution in [0.15, 0.2) is 23.8 Å². The first-order chi connectivity index (χ1) is 5.72. The summed E-state index contributed by atoms with van der Waals surface area (Å²) >= 11 is 0. The van der Waals surface area contributed by atoms with E-state index in [1.54, 1.807) is 7.05 Å². The van der Waals surface area contributed by atoms with Crippen LogP contribution in [0.2, 0.25) is 0 Å². The number of hydrogen-bond donors (Lipinski definition) is 1. The van der Waals surface area contributed by atoms with E-state index in [0.717, 1.165) is 0 Å². The van der Waals surface area contributed by atoms with E-state index in [-0.39, 0.29) is 0 Å². The Balaban J connectivity index is 4.03. The standard InChI is InChI=1S/C10H19NO/c1-5-6-7-10(9(2)3)8-12-11-4/h5-7,9,11H,8H2,1-4H3/b6-5-,10-7+. The average Bonchev–Trinajstić information content (AvgIpc) is 2.04. The second-order valence-corrected chi connectivity index (χ2v) is 2.91. The van der Waals surface area contributed by atoms with Crippen molar-refractivity contribution in [2.75, 3.05) is 13.7 Å². The fraction of sp³-hybridized carbons (Fsp3) is 0.600. The van der Waals surface area contributed by atoms with Crippen LogP contribution in [-0.4, -0.2) is 13.7 Å². The van der Waals surface area contributed by atoms with Crippen molar-refractivity contribution in [1.82, 2.24) is 5.48 Å². The second-order valence-electron chi connectivity index (χ2n) is 2.91. The fourth-order valence-electron chi connectivity index (χ4n) is 0.783. The first kappa shape index (κ1) is 11.4. The maximum atomic E-state index is 5.10. The molecule has 0 aromatic heterocycles. The summed E-state index contributed by atoms with van der Waals surface area (Å²) in [6.45, 7) is 6.98. The first-order valence-electron chi connectivity index (χ1n) is 4.32. The Morgan fingerprint density at radius 2 is 2.17 bits per heavy atom. The lowest BCUT2D eigenvalue weighted by Gasteiger charge is -2.09. The zero-order valence-corrected chi connectivity index (χ0v) is 8.42. The topological polar surface area (TPSA) is 21.3 Å². The van der Waals surface area contributed by atoms with Gasteiger partial charge in [-0.25, -0.2) is 5.48 Å². The third-order valence-corrected chi connectivity index (χ3v) is 1.63. The maximum Gasteiger partial charge on any atom is 0.0898 e. The highest BCUT2D eigenvalue weighted by molar-refractivity contribution is 5.14. The van der Waals surface area contributed by atoms with Gasteiger partial charge in [-0.15, -0.1) is 0 Å². The molecule has 1 N–H and O–H groups in total. The van der Waals surface area contributed by atoms with Gasteiger partial charge in [0, 0.05) is 7.05 Å². The molecule has 12 heavy (non-hydrogen) atoms. The van der Waals surface area contributed by atoms with Crippen LogP contribution in [0.3, 0.4) is 0 Å². The van der Waals surface area contributed by atoms with Crippen LogP contribution in [-0.2, 0) is 4.84 Å². The molecule has 0 aliphatic carbocycles. The fourth-order valence-corrected chi connectivity index (χ4v) is 0.783. The predicted octanol–water partition coefficient (Wildman–Crippen LogP) is 2.30. The van der Waals surface area contributed by atoms with Gasteiger partial charge >= 0.3 is 0 Å². The molecule has 0 saturated carbocycles. The van der Waals surface area contributed by atoms with E-state index in [2.05, 4.69) is 25.4 Å². The summed E-state index contributed by atoms with van der Waals surface area (Å²) in [5.74, 6) is 0.537. The summed E-state index contributed by atoms with van der Waals surface area (Å²) in [7, 11) is 1.77. The minimum atomic E-state index is 0.537. The summed E-state index contributed by atoms with van der Waals surface area (Å²) in [4.78, 5) is 5.10. The Labute approximate surface area is 75.3 Å². The number of hydrogen-bond acceptors (Lipinski definition) is 2. The molecule has 0 unspecified atom stereocenters. The van der Waals surface area contributed by atoms with Crippen LogP contribution in [0, 0.1) is 5.92 Å². The zero-order chi connectivity index (χ0) is 9.40. The molecule has 0 fully saturated rings. The average molecular weight is 169 g/mol. The largest absolute Gasteiger partial charge is 0.298 e. The molecule has 0 spiro atoms. The Bertz CT molecular complexity index is 159. The van der Waals surface area contributed by atoms with Gasteiger partial charge in [0.1, 0.15) is 0 Å². The highest BCUT2D eigenvalue weighted by Gasteiger charge is 2.01. The lowest BCUT2D eigenvalue weighted by molar-refractivity contribution is 0.0724. The number of allylic oxidation sites excluding steroid dienone is 3. The van der Waals surface area contributed by atoms with Gasteiger partial charge in [-0.1, -0.05) is 32.1 Å². The van der Waals surface area contributed by atoms with Gasteiger partial charge in [-0.2, -0.15) is 0 Å². The number of nitrogens with one attached hydrogen (secondary N) is 1. The van der Waals surface area contributed by atoms with Crippen molar-refractivity contribution in [3.05, 3.63) is 23.8 Å². The lowest BCUT2D eigenvalue weighted by Crippen LogP contribution is -2.12. The first-order valence-corrected chi connectivity index (χ1v) is 4.32. The third-order valence-electron chi connectivity index (χ3n) is 1.63. The Morgan fingerprint density at radius 3 is 2.58 bits per heavy atom. The quantitative estimate of drug-likeness (QED) is 0.503. The van der Waals surface area contributed by atoms with E-state index in [1.807, 2.05) is 19.1 Å². The van der Waals surface area contributed by atoms with Crippen molar-refractivity contribution < 1.29 is 4.84 Å². The summed E-state index contributed by atoms with van der Waals surface area (Å²) in [5, 5.41) is 0. The molecule has 0 bridgehead atoms. The summed E-state index contributed by atoms with van der Waals surface area (Å²) in [6.07, 6.45) is 6.15. The number of hydroxylamine groups is 1. The second kappa shape index (κ2) is 7.07. The zero-order valence-electron chi connectivity index (χ0n) is 8.42. The molecule has 0 aromatic carbocycles. The minimum Gasteiger partial charge on any atom is -0.298 e. The third kappa shape index (κ3) is 5.10. The van der Waals surface area contributed by atoms with Crippen LogP contribution in [0.4, 0.5) is 0 Å². The van der Waals surface area contributed by atoms with E-state index < -0.39 is 0 Å². The molecule has 0 saturated heterocycles. The Hall–Kier alpha value is -0.600. The SMILES string of the molecule is C/C=C\C=C(/CONC)C(C)C. The van der Waals surface area contributed by atoms with Gasteiger partial charge < -0.3 is 0 Å². The Kier molecular flexibility index (Phi) is 6.72. The highest BCUT2D eigenvalue weighted by Crippen LogP contribution is 2.09. The van der Waals surface area contributed by atoms with E-state index in [0.29, 0.717) is 12.5 Å². The molecular formula is C10H19NO. The normalized spacial score (nSPS) is 13.2. The predicted molar refractivity (Wildman–Crippen MR) is 52.7 cm³/mol. The van der Waals surface area contributed by atoms with Gasteiger partial charge in [-0.05, 0) is 18.4 Å². The van der Waals surface area contributed by atoms with Crippen LogP contribution in [0.25, 0.3) is 0 Å². The van der Waals surface area contributed by atoms with Gasteiger partial charge in [-0.3, -0.25) is 4.84 Å². The lowest BCUT2D eigenvalue weighted by atomic mass is 10.0. The molecule has 0 aliphatic rings. The van der Waals surface area contributed by atoms with Crippen LogP contribution >= 0.6 is 0 Å². The molecule has 0 aliphatic heterocycles. The van der Waals surface area contributed by atoms with Crippen LogP contribution < -0.4 is 5.48 Å². The van der Waals surface area contributed by atoms with E-state index in [1.165, 1.54) is 5.57 Å². The monoisotopic (exact) mass is 169 g/mol. The molecule has 2 heteroatoms. The van der Waals surface area contributed by atoms with Crippen molar-refractivity contribution in [3.63, 3.8) is 0 Å². The molecule has 0 radical (unpaired) electrons. The van der Waals surface area contributed by atoms with E-state index >= 15 is 0 Å². The van der Waals surface area contributed by atoms with E-state index in [4.69, 9.17) is 4.84 Å². The molecule has 0 aromatic rings. The molecule has 70 valence electrons. The van der Waals surface area contributed by atoms with Crippen molar-refractivity contribution in [3.8, 4) is 0 Å². The minimum absolute atomic E-state index is 0.537. The van der Waals surface area contributed by atoms with E-state index in [9.17, 15) is 0 Å². The maximum absolute atomic E-state index is 5.10. The van der Waals surface area contributed by atoms with Gasteiger partial charge in [0.15, 0.2) is 0 Å². The summed E-state index contributed by atoms with van der Waals surface area (Å²) in [6, 6.07) is 0. The van der Waals surface area contributed by atoms with Crippen molar-refractivity contribution in [2.45, 2.75) is 20.8 Å². The highest BCUT2D eigenvalue weighted by atomic mass is 16.6. The summed E-state index contributed by atoms with van der Waals surface area (Å²) < 4.78 is 0. The molecule has 2 nitrogen and oxygen atoms in total. The molecule has 0 atom stereocenters. The molecule has 0 rings (SSSR count). The molecular weight excluding hydrogens is 150 g/mol. The van der Waals surface area contributed by atoms with Gasteiger partial charge in [0.2, 0.25) is 0 Å². The van der Waals surface area contributed by atoms with Crippen LogP contribution in [0.1, 0.15) is 20.8 Å². The van der Waals surface area contributed by atoms with Crippen molar-refractivity contribution in [1.29, 1.82) is 0 Å². The molecule has 0 amide bonds. The summed E-state index contributed by atoms with van der Waals surface area (Å²) in [5.41, 5.74) is 3.96. The Morgan fingerprint density at radius 1 is 1.50 bits per heavy atom. The van der Waals surface area contributed by atoms with Gasteiger partial charge in [0.25, 0.3) is 0 Å². The number of rotatable bonds is 5.